The molecule has 0 saturated carbocycles. The van der Waals surface area contributed by atoms with Crippen molar-refractivity contribution in [2.45, 2.75) is 18.3 Å². The van der Waals surface area contributed by atoms with Gasteiger partial charge in [0.2, 0.25) is 10.0 Å². The maximum Gasteiger partial charge on any atom is 0.213 e. The van der Waals surface area contributed by atoms with Crippen molar-refractivity contribution in [2.75, 3.05) is 5.75 Å². The molecule has 0 amide bonds. The molecule has 8 heteroatoms. The maximum absolute atomic E-state index is 11.5. The summed E-state index contributed by atoms with van der Waals surface area (Å²) in [5.41, 5.74) is 0.665. The Hall–Kier alpha value is -1.13. The van der Waals surface area contributed by atoms with Crippen molar-refractivity contribution >= 4 is 39.5 Å². The SMILES string of the molecule is CCS(=O)(=O)NC(Cl)(C=O)Cc1ccc(Cl)cc1C#N. The monoisotopic (exact) mass is 334 g/mol. The molecule has 1 aromatic rings. The number of rotatable bonds is 6. The summed E-state index contributed by atoms with van der Waals surface area (Å²) in [7, 11) is -3.66. The number of halogens is 2. The van der Waals surface area contributed by atoms with E-state index in [9.17, 15) is 13.2 Å². The van der Waals surface area contributed by atoms with E-state index in [0.29, 0.717) is 16.9 Å². The van der Waals surface area contributed by atoms with Crippen LogP contribution >= 0.6 is 23.2 Å². The molecule has 0 aliphatic heterocycles. The summed E-state index contributed by atoms with van der Waals surface area (Å²) in [5, 5.41) is 9.38. The molecule has 0 aromatic heterocycles. The third-order valence-electron chi connectivity index (χ3n) is 2.53. The van der Waals surface area contributed by atoms with Gasteiger partial charge in [-0.05, 0) is 24.6 Å². The van der Waals surface area contributed by atoms with Crippen LogP contribution < -0.4 is 4.72 Å². The number of benzene rings is 1. The first kappa shape index (κ1) is 16.9. The summed E-state index contributed by atoms with van der Waals surface area (Å²) < 4.78 is 25.2. The van der Waals surface area contributed by atoms with Crippen LogP contribution in [-0.2, 0) is 21.2 Å². The van der Waals surface area contributed by atoms with Crippen molar-refractivity contribution in [2.24, 2.45) is 0 Å². The fourth-order valence-electron chi connectivity index (χ4n) is 1.52. The zero-order valence-electron chi connectivity index (χ0n) is 10.6. The molecular formula is C12H12Cl2N2O3S. The van der Waals surface area contributed by atoms with Gasteiger partial charge in [-0.2, -0.15) is 9.98 Å². The molecule has 1 unspecified atom stereocenters. The minimum Gasteiger partial charge on any atom is -0.300 e. The topological polar surface area (TPSA) is 87.0 Å². The number of carbonyl (C=O) groups is 1. The van der Waals surface area contributed by atoms with Gasteiger partial charge in [0, 0.05) is 11.4 Å². The normalized spacial score (nSPS) is 14.3. The first-order valence-electron chi connectivity index (χ1n) is 5.60. The number of nitrogens with one attached hydrogen (secondary N) is 1. The lowest BCUT2D eigenvalue weighted by atomic mass is 10.0. The van der Waals surface area contributed by atoms with Gasteiger partial charge in [0.1, 0.15) is 0 Å². The van der Waals surface area contributed by atoms with Crippen LogP contribution in [0.4, 0.5) is 0 Å². The number of nitriles is 1. The van der Waals surface area contributed by atoms with E-state index in [2.05, 4.69) is 4.72 Å². The Kier molecular flexibility index (Phi) is 5.54. The fraction of sp³-hybridized carbons (Fsp3) is 0.333. The van der Waals surface area contributed by atoms with Gasteiger partial charge in [0.25, 0.3) is 0 Å². The van der Waals surface area contributed by atoms with E-state index in [0.717, 1.165) is 0 Å². The molecular weight excluding hydrogens is 323 g/mol. The number of alkyl halides is 1. The average molecular weight is 335 g/mol. The summed E-state index contributed by atoms with van der Waals surface area (Å²) in [6.07, 6.45) is 0.148. The van der Waals surface area contributed by atoms with Crippen LogP contribution in [0.3, 0.4) is 0 Å². The lowest BCUT2D eigenvalue weighted by Gasteiger charge is -2.22. The minimum absolute atomic E-state index is 0.155. The number of hydrogen-bond acceptors (Lipinski definition) is 4. The Labute approximate surface area is 127 Å². The molecule has 20 heavy (non-hydrogen) atoms. The Bertz CT molecular complexity index is 655. The predicted molar refractivity (Wildman–Crippen MR) is 77.1 cm³/mol. The van der Waals surface area contributed by atoms with Gasteiger partial charge in [0.05, 0.1) is 17.4 Å². The molecule has 0 fully saturated rings. The molecule has 0 radical (unpaired) electrons. The van der Waals surface area contributed by atoms with Gasteiger partial charge in [-0.3, -0.25) is 4.79 Å². The third-order valence-corrected chi connectivity index (χ3v) is 4.63. The summed E-state index contributed by atoms with van der Waals surface area (Å²) in [6.45, 7) is 1.42. The highest BCUT2D eigenvalue weighted by atomic mass is 35.5. The van der Waals surface area contributed by atoms with Gasteiger partial charge in [-0.1, -0.05) is 29.3 Å². The fourth-order valence-corrected chi connectivity index (χ4v) is 2.97. The molecule has 1 rings (SSSR count). The zero-order valence-corrected chi connectivity index (χ0v) is 12.9. The van der Waals surface area contributed by atoms with Gasteiger partial charge in [0.15, 0.2) is 11.3 Å². The second-order valence-electron chi connectivity index (χ2n) is 4.08. The van der Waals surface area contributed by atoms with Crippen molar-refractivity contribution in [1.29, 1.82) is 5.26 Å². The zero-order chi connectivity index (χ0) is 15.4. The molecule has 108 valence electrons. The van der Waals surface area contributed by atoms with Crippen molar-refractivity contribution in [3.05, 3.63) is 34.3 Å². The Balaban J connectivity index is 3.11. The van der Waals surface area contributed by atoms with E-state index in [1.807, 2.05) is 6.07 Å². The van der Waals surface area contributed by atoms with Gasteiger partial charge in [-0.25, -0.2) is 8.42 Å². The van der Waals surface area contributed by atoms with Crippen molar-refractivity contribution in [1.82, 2.24) is 4.72 Å². The van der Waals surface area contributed by atoms with Crippen molar-refractivity contribution < 1.29 is 13.2 Å². The van der Waals surface area contributed by atoms with E-state index in [4.69, 9.17) is 28.5 Å². The standard InChI is InChI=1S/C12H12Cl2N2O3S/c1-2-20(18,19)16-12(14,8-17)6-9-3-4-11(13)5-10(9)7-15/h3-5,8,16H,2,6H2,1H3. The third kappa shape index (κ3) is 4.46. The number of sulfonamides is 1. The lowest BCUT2D eigenvalue weighted by molar-refractivity contribution is -0.110. The Morgan fingerprint density at radius 1 is 1.50 bits per heavy atom. The van der Waals surface area contributed by atoms with Crippen LogP contribution in [0, 0.1) is 11.3 Å². The van der Waals surface area contributed by atoms with Crippen LogP contribution in [0.2, 0.25) is 5.02 Å². The summed E-state index contributed by atoms with van der Waals surface area (Å²) in [4.78, 5) is 9.30. The number of aldehydes is 1. The highest BCUT2D eigenvalue weighted by molar-refractivity contribution is 7.89. The van der Waals surface area contributed by atoms with Crippen molar-refractivity contribution in [3.8, 4) is 6.07 Å². The molecule has 0 bridgehead atoms. The molecule has 0 heterocycles. The van der Waals surface area contributed by atoms with Gasteiger partial charge >= 0.3 is 0 Å². The second kappa shape index (κ2) is 6.55. The van der Waals surface area contributed by atoms with Crippen LogP contribution in [0.1, 0.15) is 18.1 Å². The largest absolute Gasteiger partial charge is 0.300 e. The molecule has 0 saturated heterocycles. The molecule has 1 aromatic carbocycles. The molecule has 0 spiro atoms. The molecule has 0 aliphatic rings. The average Bonchev–Trinajstić information content (AvgIpc) is 2.40. The molecule has 5 nitrogen and oxygen atoms in total. The van der Waals surface area contributed by atoms with Crippen LogP contribution in [0.25, 0.3) is 0 Å². The number of hydrogen-bond donors (Lipinski definition) is 1. The number of carbonyl (C=O) groups excluding carboxylic acids is 1. The highest BCUT2D eigenvalue weighted by Crippen LogP contribution is 2.22. The number of nitrogens with zero attached hydrogens (tertiary/aromatic N) is 1. The minimum atomic E-state index is -3.66. The van der Waals surface area contributed by atoms with Crippen LogP contribution in [-0.4, -0.2) is 25.5 Å². The Morgan fingerprint density at radius 3 is 2.65 bits per heavy atom. The van der Waals surface area contributed by atoms with E-state index in [1.54, 1.807) is 0 Å². The van der Waals surface area contributed by atoms with E-state index >= 15 is 0 Å². The molecule has 1 atom stereocenters. The van der Waals surface area contributed by atoms with Crippen LogP contribution in [0.15, 0.2) is 18.2 Å². The van der Waals surface area contributed by atoms with E-state index in [-0.39, 0.29) is 17.7 Å². The first-order chi connectivity index (χ1) is 9.25. The van der Waals surface area contributed by atoms with Crippen molar-refractivity contribution in [3.63, 3.8) is 0 Å². The molecule has 1 N–H and O–H groups in total. The highest BCUT2D eigenvalue weighted by Gasteiger charge is 2.32. The van der Waals surface area contributed by atoms with Gasteiger partial charge < -0.3 is 0 Å². The molecule has 0 aliphatic carbocycles. The van der Waals surface area contributed by atoms with Gasteiger partial charge in [-0.15, -0.1) is 0 Å². The Morgan fingerprint density at radius 2 is 2.15 bits per heavy atom. The summed E-state index contributed by atoms with van der Waals surface area (Å²) >= 11 is 11.8. The second-order valence-corrected chi connectivity index (χ2v) is 7.20. The lowest BCUT2D eigenvalue weighted by Crippen LogP contribution is -2.47. The smallest absolute Gasteiger partial charge is 0.213 e. The summed E-state index contributed by atoms with van der Waals surface area (Å²) in [6, 6.07) is 6.41. The quantitative estimate of drug-likeness (QED) is 0.488. The maximum atomic E-state index is 11.5. The van der Waals surface area contributed by atoms with E-state index in [1.165, 1.54) is 25.1 Å². The first-order valence-corrected chi connectivity index (χ1v) is 8.01. The predicted octanol–water partition coefficient (Wildman–Crippen LogP) is 1.83. The summed E-state index contributed by atoms with van der Waals surface area (Å²) in [5.74, 6) is -0.207. The van der Waals surface area contributed by atoms with Crippen LogP contribution in [0.5, 0.6) is 0 Å². The van der Waals surface area contributed by atoms with E-state index < -0.39 is 15.0 Å².